The van der Waals surface area contributed by atoms with Crippen molar-refractivity contribution in [2.75, 3.05) is 6.54 Å². The van der Waals surface area contributed by atoms with Gasteiger partial charge in [0.1, 0.15) is 5.58 Å². The van der Waals surface area contributed by atoms with E-state index in [-0.39, 0.29) is 23.1 Å². The highest BCUT2D eigenvalue weighted by atomic mass is 16.3. The summed E-state index contributed by atoms with van der Waals surface area (Å²) in [5.74, 6) is -0.0195. The van der Waals surface area contributed by atoms with Gasteiger partial charge in [0.2, 0.25) is 5.76 Å². The summed E-state index contributed by atoms with van der Waals surface area (Å²) in [6.45, 7) is 4.54. The summed E-state index contributed by atoms with van der Waals surface area (Å²) in [4.78, 5) is 27.9. The average molecular weight is 333 g/mol. The topological polar surface area (TPSA) is 50.5 Å². The van der Waals surface area contributed by atoms with Crippen molar-refractivity contribution in [2.45, 2.75) is 26.3 Å². The summed E-state index contributed by atoms with van der Waals surface area (Å²) >= 11 is 0. The van der Waals surface area contributed by atoms with Crippen LogP contribution in [0.3, 0.4) is 0 Å². The lowest BCUT2D eigenvalue weighted by molar-refractivity contribution is 0.0728. The van der Waals surface area contributed by atoms with Crippen LogP contribution in [0.4, 0.5) is 0 Å². The van der Waals surface area contributed by atoms with E-state index in [9.17, 15) is 9.59 Å². The third kappa shape index (κ3) is 2.37. The first-order valence-corrected chi connectivity index (χ1v) is 8.55. The average Bonchev–Trinajstić information content (AvgIpc) is 2.90. The number of carbonyl (C=O) groups is 1. The second kappa shape index (κ2) is 5.88. The van der Waals surface area contributed by atoms with E-state index in [0.717, 1.165) is 17.5 Å². The summed E-state index contributed by atoms with van der Waals surface area (Å²) in [5.41, 5.74) is 2.74. The molecule has 126 valence electrons. The van der Waals surface area contributed by atoms with Crippen molar-refractivity contribution in [3.63, 3.8) is 0 Å². The Morgan fingerprint density at radius 1 is 1.08 bits per heavy atom. The standard InChI is InChI=1S/C21H19NO3/c1-3-11-22-18(14-7-5-4-6-8-14)17-19(23)15-12-13(2)9-10-16(15)25-20(17)21(22)24/h4-10,12,18H,3,11H2,1-2H3. The van der Waals surface area contributed by atoms with Crippen molar-refractivity contribution < 1.29 is 9.21 Å². The third-order valence-corrected chi connectivity index (χ3v) is 4.70. The number of aryl methyl sites for hydroxylation is 1. The van der Waals surface area contributed by atoms with Crippen LogP contribution < -0.4 is 5.43 Å². The maximum absolute atomic E-state index is 13.2. The maximum atomic E-state index is 13.2. The molecule has 2 heterocycles. The zero-order valence-electron chi connectivity index (χ0n) is 14.3. The first kappa shape index (κ1) is 15.6. The van der Waals surface area contributed by atoms with Gasteiger partial charge in [-0.2, -0.15) is 0 Å². The van der Waals surface area contributed by atoms with E-state index >= 15 is 0 Å². The van der Waals surface area contributed by atoms with Crippen LogP contribution in [0.15, 0.2) is 57.7 Å². The van der Waals surface area contributed by atoms with Crippen molar-refractivity contribution in [1.29, 1.82) is 0 Å². The Labute approximate surface area is 145 Å². The Kier molecular flexibility index (Phi) is 3.68. The van der Waals surface area contributed by atoms with E-state index < -0.39 is 0 Å². The van der Waals surface area contributed by atoms with Crippen LogP contribution in [0.5, 0.6) is 0 Å². The fraction of sp³-hybridized carbons (Fsp3) is 0.238. The monoisotopic (exact) mass is 333 g/mol. The zero-order chi connectivity index (χ0) is 17.6. The largest absolute Gasteiger partial charge is 0.450 e. The molecule has 0 N–H and O–H groups in total. The molecule has 0 saturated carbocycles. The van der Waals surface area contributed by atoms with E-state index in [0.29, 0.717) is 23.1 Å². The number of benzene rings is 2. The molecule has 4 rings (SSSR count). The van der Waals surface area contributed by atoms with Crippen molar-refractivity contribution in [3.8, 4) is 0 Å². The molecule has 1 amide bonds. The molecule has 0 radical (unpaired) electrons. The number of rotatable bonds is 3. The molecule has 4 heteroatoms. The van der Waals surface area contributed by atoms with E-state index in [1.165, 1.54) is 0 Å². The molecular formula is C21H19NO3. The van der Waals surface area contributed by atoms with Crippen LogP contribution in [0.25, 0.3) is 11.0 Å². The lowest BCUT2D eigenvalue weighted by Gasteiger charge is -2.24. The minimum Gasteiger partial charge on any atom is -0.450 e. The molecule has 1 atom stereocenters. The lowest BCUT2D eigenvalue weighted by atomic mass is 9.98. The summed E-state index contributed by atoms with van der Waals surface area (Å²) < 4.78 is 5.89. The normalized spacial score (nSPS) is 16.5. The molecule has 1 aliphatic heterocycles. The quantitative estimate of drug-likeness (QED) is 0.726. The maximum Gasteiger partial charge on any atom is 0.290 e. The number of amides is 1. The van der Waals surface area contributed by atoms with E-state index in [2.05, 4.69) is 0 Å². The molecule has 0 bridgehead atoms. The van der Waals surface area contributed by atoms with Crippen LogP contribution in [-0.4, -0.2) is 17.4 Å². The van der Waals surface area contributed by atoms with Gasteiger partial charge < -0.3 is 9.32 Å². The van der Waals surface area contributed by atoms with Crippen LogP contribution in [-0.2, 0) is 0 Å². The number of hydrogen-bond acceptors (Lipinski definition) is 3. The molecule has 0 saturated heterocycles. The molecule has 1 aromatic heterocycles. The van der Waals surface area contributed by atoms with Gasteiger partial charge in [-0.1, -0.05) is 48.9 Å². The number of carbonyl (C=O) groups excluding carboxylic acids is 1. The molecule has 1 unspecified atom stereocenters. The molecule has 0 fully saturated rings. The van der Waals surface area contributed by atoms with Crippen LogP contribution in [0.1, 0.15) is 46.6 Å². The molecule has 2 aromatic carbocycles. The zero-order valence-corrected chi connectivity index (χ0v) is 14.3. The molecule has 4 nitrogen and oxygen atoms in total. The van der Waals surface area contributed by atoms with Crippen LogP contribution in [0.2, 0.25) is 0 Å². The fourth-order valence-electron chi connectivity index (χ4n) is 3.59. The Morgan fingerprint density at radius 2 is 1.84 bits per heavy atom. The van der Waals surface area contributed by atoms with E-state index in [1.807, 2.05) is 56.3 Å². The van der Waals surface area contributed by atoms with Gasteiger partial charge in [-0.15, -0.1) is 0 Å². The minimum absolute atomic E-state index is 0.110. The third-order valence-electron chi connectivity index (χ3n) is 4.70. The highest BCUT2D eigenvalue weighted by Crippen LogP contribution is 2.38. The van der Waals surface area contributed by atoms with Crippen molar-refractivity contribution >= 4 is 16.9 Å². The highest BCUT2D eigenvalue weighted by Gasteiger charge is 2.42. The van der Waals surface area contributed by atoms with Crippen molar-refractivity contribution in [2.24, 2.45) is 0 Å². The molecule has 0 aliphatic carbocycles. The van der Waals surface area contributed by atoms with E-state index in [4.69, 9.17) is 4.42 Å². The number of hydrogen-bond donors (Lipinski definition) is 0. The molecule has 3 aromatic rings. The first-order chi connectivity index (χ1) is 12.1. The second-order valence-electron chi connectivity index (χ2n) is 6.49. The van der Waals surface area contributed by atoms with Gasteiger partial charge in [-0.25, -0.2) is 0 Å². The predicted octanol–water partition coefficient (Wildman–Crippen LogP) is 4.06. The molecule has 0 spiro atoms. The second-order valence-corrected chi connectivity index (χ2v) is 6.49. The van der Waals surface area contributed by atoms with E-state index in [1.54, 1.807) is 11.0 Å². The number of fused-ring (bicyclic) bond motifs is 2. The van der Waals surface area contributed by atoms with Gasteiger partial charge in [0.25, 0.3) is 5.91 Å². The van der Waals surface area contributed by atoms with Gasteiger partial charge >= 0.3 is 0 Å². The molecule has 1 aliphatic rings. The summed E-state index contributed by atoms with van der Waals surface area (Å²) in [7, 11) is 0. The summed E-state index contributed by atoms with van der Waals surface area (Å²) in [6, 6.07) is 14.8. The van der Waals surface area contributed by atoms with Crippen molar-refractivity contribution in [1.82, 2.24) is 4.90 Å². The Bertz CT molecular complexity index is 1020. The highest BCUT2D eigenvalue weighted by molar-refractivity contribution is 5.99. The van der Waals surface area contributed by atoms with Crippen LogP contribution in [0, 0.1) is 6.92 Å². The van der Waals surface area contributed by atoms with Gasteiger partial charge in [-0.3, -0.25) is 9.59 Å². The SMILES string of the molecule is CCCN1C(=O)c2oc3ccc(C)cc3c(=O)c2C1c1ccccc1. The molecule has 25 heavy (non-hydrogen) atoms. The predicted molar refractivity (Wildman–Crippen MR) is 96.8 cm³/mol. The summed E-state index contributed by atoms with van der Waals surface area (Å²) in [6.07, 6.45) is 0.815. The summed E-state index contributed by atoms with van der Waals surface area (Å²) in [5, 5.41) is 0.533. The van der Waals surface area contributed by atoms with Crippen LogP contribution >= 0.6 is 0 Å². The van der Waals surface area contributed by atoms with Gasteiger partial charge in [-0.05, 0) is 31.0 Å². The lowest BCUT2D eigenvalue weighted by Crippen LogP contribution is -2.30. The smallest absolute Gasteiger partial charge is 0.290 e. The Balaban J connectivity index is 2.03. The van der Waals surface area contributed by atoms with Gasteiger partial charge in [0.15, 0.2) is 5.43 Å². The van der Waals surface area contributed by atoms with Gasteiger partial charge in [0, 0.05) is 6.54 Å². The number of nitrogens with zero attached hydrogens (tertiary/aromatic N) is 1. The fourth-order valence-corrected chi connectivity index (χ4v) is 3.59. The first-order valence-electron chi connectivity index (χ1n) is 8.55. The molecular weight excluding hydrogens is 314 g/mol. The minimum atomic E-state index is -0.384. The van der Waals surface area contributed by atoms with Gasteiger partial charge in [0.05, 0.1) is 17.0 Å². The Morgan fingerprint density at radius 3 is 2.56 bits per heavy atom. The van der Waals surface area contributed by atoms with Crippen molar-refractivity contribution in [3.05, 3.63) is 81.2 Å². The Hall–Kier alpha value is -2.88.